The van der Waals surface area contributed by atoms with Crippen LogP contribution in [-0.4, -0.2) is 37.2 Å². The summed E-state index contributed by atoms with van der Waals surface area (Å²) in [6, 6.07) is 8.94. The summed E-state index contributed by atoms with van der Waals surface area (Å²) in [5, 5.41) is 18.6. The van der Waals surface area contributed by atoms with Crippen molar-refractivity contribution >= 4 is 32.8 Å². The SMILES string of the molecule is O=C(O)COS(=O)(=O)c1cc2ccccc2cc1C(=O)O. The molecule has 0 aromatic heterocycles. The Morgan fingerprint density at radius 2 is 1.62 bits per heavy atom. The molecule has 8 heteroatoms. The van der Waals surface area contributed by atoms with Crippen molar-refractivity contribution in [1.29, 1.82) is 0 Å². The second kappa shape index (κ2) is 5.51. The van der Waals surface area contributed by atoms with E-state index in [1.807, 2.05) is 0 Å². The van der Waals surface area contributed by atoms with Gasteiger partial charge in [0.1, 0.15) is 4.90 Å². The first-order chi connectivity index (χ1) is 9.81. The fourth-order valence-corrected chi connectivity index (χ4v) is 2.85. The van der Waals surface area contributed by atoms with Crippen LogP contribution in [0, 0.1) is 0 Å². The predicted molar refractivity (Wildman–Crippen MR) is 71.7 cm³/mol. The van der Waals surface area contributed by atoms with E-state index in [4.69, 9.17) is 10.2 Å². The lowest BCUT2D eigenvalue weighted by Crippen LogP contribution is -2.16. The van der Waals surface area contributed by atoms with E-state index >= 15 is 0 Å². The zero-order valence-corrected chi connectivity index (χ0v) is 11.3. The number of aliphatic carboxylic acids is 1. The summed E-state index contributed by atoms with van der Waals surface area (Å²) in [5.74, 6) is -2.92. The molecule has 0 aliphatic carbocycles. The molecule has 110 valence electrons. The maximum Gasteiger partial charge on any atom is 0.337 e. The minimum atomic E-state index is -4.48. The number of rotatable bonds is 5. The van der Waals surface area contributed by atoms with Crippen LogP contribution in [-0.2, 0) is 19.1 Å². The molecule has 0 amide bonds. The van der Waals surface area contributed by atoms with Crippen LogP contribution in [0.15, 0.2) is 41.3 Å². The molecule has 0 saturated carbocycles. The normalized spacial score (nSPS) is 11.4. The van der Waals surface area contributed by atoms with E-state index in [0.29, 0.717) is 10.8 Å². The van der Waals surface area contributed by atoms with Crippen molar-refractivity contribution in [2.24, 2.45) is 0 Å². The van der Waals surface area contributed by atoms with Crippen LogP contribution in [0.1, 0.15) is 10.4 Å². The summed E-state index contributed by atoms with van der Waals surface area (Å²) >= 11 is 0. The molecule has 0 bridgehead atoms. The van der Waals surface area contributed by atoms with Crippen LogP contribution in [0.3, 0.4) is 0 Å². The van der Waals surface area contributed by atoms with Crippen molar-refractivity contribution in [2.75, 3.05) is 6.61 Å². The van der Waals surface area contributed by atoms with Gasteiger partial charge in [-0.2, -0.15) is 8.42 Å². The smallest absolute Gasteiger partial charge is 0.337 e. The molecule has 0 fully saturated rings. The molecule has 0 atom stereocenters. The van der Waals surface area contributed by atoms with Gasteiger partial charge in [0.25, 0.3) is 10.1 Å². The highest BCUT2D eigenvalue weighted by Gasteiger charge is 2.25. The molecule has 0 unspecified atom stereocenters. The summed E-state index contributed by atoms with van der Waals surface area (Å²) < 4.78 is 28.2. The molecule has 2 aromatic rings. The Kier molecular flexibility index (Phi) is 3.92. The average molecular weight is 310 g/mol. The largest absolute Gasteiger partial charge is 0.479 e. The molecular formula is C13H10O7S. The first-order valence-corrected chi connectivity index (χ1v) is 7.09. The number of fused-ring (bicyclic) bond motifs is 1. The molecule has 2 N–H and O–H groups in total. The molecule has 0 radical (unpaired) electrons. The number of benzene rings is 2. The average Bonchev–Trinajstić information content (AvgIpc) is 2.43. The first kappa shape index (κ1) is 14.9. The molecule has 21 heavy (non-hydrogen) atoms. The maximum absolute atomic E-state index is 12.0. The lowest BCUT2D eigenvalue weighted by Gasteiger charge is -2.09. The molecule has 2 aromatic carbocycles. The minimum Gasteiger partial charge on any atom is -0.479 e. The molecule has 0 spiro atoms. The molecule has 0 heterocycles. The molecular weight excluding hydrogens is 300 g/mol. The van der Waals surface area contributed by atoms with Gasteiger partial charge in [-0.15, -0.1) is 0 Å². The minimum absolute atomic E-state index is 0.473. The Morgan fingerprint density at radius 3 is 2.14 bits per heavy atom. The number of hydrogen-bond acceptors (Lipinski definition) is 5. The van der Waals surface area contributed by atoms with Gasteiger partial charge in [0.2, 0.25) is 0 Å². The molecule has 0 aliphatic rings. The quantitative estimate of drug-likeness (QED) is 0.800. The Balaban J connectivity index is 2.63. The van der Waals surface area contributed by atoms with E-state index in [-0.39, 0.29) is 0 Å². The Hall–Kier alpha value is -2.45. The van der Waals surface area contributed by atoms with E-state index < -0.39 is 39.1 Å². The van der Waals surface area contributed by atoms with E-state index in [0.717, 1.165) is 6.07 Å². The van der Waals surface area contributed by atoms with Crippen molar-refractivity contribution in [1.82, 2.24) is 0 Å². The van der Waals surface area contributed by atoms with Crippen LogP contribution in [0.25, 0.3) is 10.8 Å². The van der Waals surface area contributed by atoms with Gasteiger partial charge in [-0.05, 0) is 22.9 Å². The van der Waals surface area contributed by atoms with Gasteiger partial charge in [-0.1, -0.05) is 24.3 Å². The number of aromatic carboxylic acids is 1. The number of hydrogen-bond donors (Lipinski definition) is 2. The highest BCUT2D eigenvalue weighted by molar-refractivity contribution is 7.86. The van der Waals surface area contributed by atoms with E-state index in [1.165, 1.54) is 6.07 Å². The monoisotopic (exact) mass is 310 g/mol. The fraction of sp³-hybridized carbons (Fsp3) is 0.0769. The van der Waals surface area contributed by atoms with Gasteiger partial charge >= 0.3 is 11.9 Å². The van der Waals surface area contributed by atoms with Crippen LogP contribution < -0.4 is 0 Å². The maximum atomic E-state index is 12.0. The van der Waals surface area contributed by atoms with Gasteiger partial charge < -0.3 is 10.2 Å². The third kappa shape index (κ3) is 3.18. The van der Waals surface area contributed by atoms with Gasteiger partial charge in [0.05, 0.1) is 5.56 Å². The highest BCUT2D eigenvalue weighted by atomic mass is 32.2. The van der Waals surface area contributed by atoms with Crippen molar-refractivity contribution in [3.05, 3.63) is 42.0 Å². The number of carbonyl (C=O) groups is 2. The Bertz CT molecular complexity index is 824. The second-order valence-electron chi connectivity index (χ2n) is 4.11. The van der Waals surface area contributed by atoms with Gasteiger partial charge in [-0.3, -0.25) is 4.18 Å². The van der Waals surface area contributed by atoms with E-state index in [1.54, 1.807) is 24.3 Å². The van der Waals surface area contributed by atoms with E-state index in [2.05, 4.69) is 4.18 Å². The Labute approximate surface area is 119 Å². The molecule has 0 aliphatic heterocycles. The van der Waals surface area contributed by atoms with E-state index in [9.17, 15) is 18.0 Å². The van der Waals surface area contributed by atoms with Gasteiger partial charge in [0.15, 0.2) is 6.61 Å². The van der Waals surface area contributed by atoms with Gasteiger partial charge in [-0.25, -0.2) is 9.59 Å². The third-order valence-corrected chi connectivity index (χ3v) is 3.99. The number of carboxylic acid groups (broad SMARTS) is 2. The van der Waals surface area contributed by atoms with Crippen LogP contribution in [0.4, 0.5) is 0 Å². The van der Waals surface area contributed by atoms with Crippen molar-refractivity contribution in [3.8, 4) is 0 Å². The lowest BCUT2D eigenvalue weighted by molar-refractivity contribution is -0.139. The second-order valence-corrected chi connectivity index (χ2v) is 5.69. The zero-order chi connectivity index (χ0) is 15.6. The zero-order valence-electron chi connectivity index (χ0n) is 10.5. The molecule has 0 saturated heterocycles. The summed E-state index contributed by atoms with van der Waals surface area (Å²) in [6.07, 6.45) is 0. The Morgan fingerprint density at radius 1 is 1.05 bits per heavy atom. The molecule has 7 nitrogen and oxygen atoms in total. The van der Waals surface area contributed by atoms with Crippen molar-refractivity contribution in [3.63, 3.8) is 0 Å². The standard InChI is InChI=1S/C13H10O7S/c14-12(15)7-20-21(18,19)11-6-9-4-2-1-3-8(9)5-10(11)13(16)17/h1-6H,7H2,(H,14,15)(H,16,17). The van der Waals surface area contributed by atoms with Crippen molar-refractivity contribution < 1.29 is 32.4 Å². The van der Waals surface area contributed by atoms with Crippen molar-refractivity contribution in [2.45, 2.75) is 4.90 Å². The third-order valence-electron chi connectivity index (χ3n) is 2.69. The summed E-state index contributed by atoms with van der Waals surface area (Å²) in [6.45, 7) is -1.08. The number of carboxylic acids is 2. The molecule has 2 rings (SSSR count). The summed E-state index contributed by atoms with van der Waals surface area (Å²) in [5.41, 5.74) is -0.473. The lowest BCUT2D eigenvalue weighted by atomic mass is 10.1. The van der Waals surface area contributed by atoms with Crippen LogP contribution in [0.2, 0.25) is 0 Å². The van der Waals surface area contributed by atoms with Crippen LogP contribution >= 0.6 is 0 Å². The topological polar surface area (TPSA) is 118 Å². The fourth-order valence-electron chi connectivity index (χ4n) is 1.78. The first-order valence-electron chi connectivity index (χ1n) is 5.68. The summed E-state index contributed by atoms with van der Waals surface area (Å²) in [4.78, 5) is 21.0. The van der Waals surface area contributed by atoms with Gasteiger partial charge in [0, 0.05) is 0 Å². The summed E-state index contributed by atoms with van der Waals surface area (Å²) in [7, 11) is -4.48. The highest BCUT2D eigenvalue weighted by Crippen LogP contribution is 2.25. The van der Waals surface area contributed by atoms with Crippen LogP contribution in [0.5, 0.6) is 0 Å². The predicted octanol–water partition coefficient (Wildman–Crippen LogP) is 1.33.